The molecule has 0 heterocycles. The van der Waals surface area contributed by atoms with Crippen molar-refractivity contribution < 1.29 is 75.8 Å². The SMILES string of the molecule is CC/C=C\C/C=C\C/C=C\CCCCCCCCCC(=O)OCC(COP(=O)(O)OCC(O)COP(=O)(O)OCC(O)COC(=O)CCCCCCCCC/C=C\C/C=C\C/C=C\C/C=C\CCCCC)OC(=O)CCCCCCC/C=C\CCCCCCCC. The minimum atomic E-state index is -4.93. The largest absolute Gasteiger partial charge is 0.472 e. The van der Waals surface area contributed by atoms with Gasteiger partial charge in [0.2, 0.25) is 0 Å². The summed E-state index contributed by atoms with van der Waals surface area (Å²) in [5, 5.41) is 20.6. The number of aliphatic hydroxyl groups excluding tert-OH is 2. The number of carbonyl (C=O) groups is 3. The smallest absolute Gasteiger partial charge is 0.463 e. The Morgan fingerprint density at radius 1 is 0.319 bits per heavy atom. The molecule has 0 spiro atoms. The van der Waals surface area contributed by atoms with E-state index in [0.29, 0.717) is 19.3 Å². The predicted molar refractivity (Wildman–Crippen MR) is 371 cm³/mol. The van der Waals surface area contributed by atoms with Crippen molar-refractivity contribution >= 4 is 33.6 Å². The molecule has 0 rings (SSSR count). The van der Waals surface area contributed by atoms with Crippen LogP contribution >= 0.6 is 15.6 Å². The molecule has 16 nitrogen and oxygen atoms in total. The lowest BCUT2D eigenvalue weighted by Gasteiger charge is -2.21. The lowest BCUT2D eigenvalue weighted by atomic mass is 10.1. The summed E-state index contributed by atoms with van der Waals surface area (Å²) in [6, 6.07) is 0. The zero-order valence-electron chi connectivity index (χ0n) is 57.0. The van der Waals surface area contributed by atoms with Gasteiger partial charge in [-0.15, -0.1) is 0 Å². The summed E-state index contributed by atoms with van der Waals surface area (Å²) in [4.78, 5) is 58.4. The second-order valence-corrected chi connectivity index (χ2v) is 26.6. The fourth-order valence-corrected chi connectivity index (χ4v) is 10.9. The topological polar surface area (TPSA) is 231 Å². The monoisotopic (exact) mass is 1320 g/mol. The molecule has 5 unspecified atom stereocenters. The van der Waals surface area contributed by atoms with Crippen LogP contribution in [0.15, 0.2) is 97.2 Å². The first kappa shape index (κ1) is 87.5. The van der Waals surface area contributed by atoms with Crippen molar-refractivity contribution in [3.63, 3.8) is 0 Å². The van der Waals surface area contributed by atoms with Gasteiger partial charge in [-0.2, -0.15) is 0 Å². The van der Waals surface area contributed by atoms with Crippen LogP contribution in [-0.4, -0.2) is 95.9 Å². The number of allylic oxidation sites excluding steroid dienone is 16. The van der Waals surface area contributed by atoms with Gasteiger partial charge < -0.3 is 34.2 Å². The summed E-state index contributed by atoms with van der Waals surface area (Å²) in [5.74, 6) is -1.60. The van der Waals surface area contributed by atoms with Crippen molar-refractivity contribution in [3.8, 4) is 0 Å². The summed E-state index contributed by atoms with van der Waals surface area (Å²) in [5.41, 5.74) is 0. The van der Waals surface area contributed by atoms with E-state index >= 15 is 0 Å². The molecule has 0 aromatic rings. The molecule has 0 fully saturated rings. The van der Waals surface area contributed by atoms with Crippen LogP contribution in [0.4, 0.5) is 0 Å². The average molecular weight is 1320 g/mol. The number of rotatable bonds is 67. The maximum absolute atomic E-state index is 12.9. The van der Waals surface area contributed by atoms with Gasteiger partial charge in [-0.1, -0.05) is 246 Å². The van der Waals surface area contributed by atoms with Crippen molar-refractivity contribution in [1.29, 1.82) is 0 Å². The Labute approximate surface area is 552 Å². The molecule has 0 radical (unpaired) electrons. The number of hydrogen-bond acceptors (Lipinski definition) is 14. The third-order valence-corrected chi connectivity index (χ3v) is 16.7. The van der Waals surface area contributed by atoms with Crippen molar-refractivity contribution in [2.75, 3.05) is 39.6 Å². The van der Waals surface area contributed by atoms with Crippen molar-refractivity contribution in [1.82, 2.24) is 0 Å². The molecule has 91 heavy (non-hydrogen) atoms. The highest BCUT2D eigenvalue weighted by Crippen LogP contribution is 2.45. The Balaban J connectivity index is 4.63. The average Bonchev–Trinajstić information content (AvgIpc) is 3.27. The molecule has 0 aliphatic carbocycles. The standard InChI is InChI=1S/C73H128O16P2/c1-4-7-10-13-16-19-22-25-28-30-31-32-33-34-35-37-40-41-44-47-50-53-56-59-71(76)83-62-68(74)63-85-90(79,80)86-64-69(75)65-87-91(81,82)88-67-70(89-73(78)61-58-55-52-49-46-43-38-27-24-21-18-15-12-9-6-3)66-84-72(77)60-57-54-51-48-45-42-39-36-29-26-23-20-17-14-11-8-5-2/h8,11,16-17,19-20,25-29,31-32,34-35,38,68-70,74-75H,4-7,9-10,12-15,18,21-24,30,33,36-37,39-67H2,1-3H3,(H,79,80)(H,81,82)/b11-8-,19-16-,20-17-,28-25-,29-26-,32-31-,35-34-,38-27-. The van der Waals surface area contributed by atoms with Crippen molar-refractivity contribution in [3.05, 3.63) is 97.2 Å². The highest BCUT2D eigenvalue weighted by Gasteiger charge is 2.29. The predicted octanol–water partition coefficient (Wildman–Crippen LogP) is 19.9. The highest BCUT2D eigenvalue weighted by atomic mass is 31.2. The Bertz CT molecular complexity index is 2050. The summed E-state index contributed by atoms with van der Waals surface area (Å²) >= 11 is 0. The fraction of sp³-hybridized carbons (Fsp3) is 0.740. The first-order valence-electron chi connectivity index (χ1n) is 35.5. The van der Waals surface area contributed by atoms with Gasteiger partial charge in [-0.3, -0.25) is 32.5 Å². The van der Waals surface area contributed by atoms with Crippen LogP contribution in [0.1, 0.15) is 290 Å². The van der Waals surface area contributed by atoms with Crippen LogP contribution in [-0.2, 0) is 55.8 Å². The van der Waals surface area contributed by atoms with Crippen LogP contribution in [0.25, 0.3) is 0 Å². The minimum absolute atomic E-state index is 0.0921. The van der Waals surface area contributed by atoms with Gasteiger partial charge in [0.1, 0.15) is 25.4 Å². The molecule has 0 saturated heterocycles. The maximum Gasteiger partial charge on any atom is 0.472 e. The number of aliphatic hydroxyl groups is 2. The van der Waals surface area contributed by atoms with Gasteiger partial charge in [0.05, 0.1) is 26.4 Å². The molecule has 0 saturated carbocycles. The molecule has 0 amide bonds. The number of ether oxygens (including phenoxy) is 3. The number of carbonyl (C=O) groups excluding carboxylic acids is 3. The lowest BCUT2D eigenvalue weighted by molar-refractivity contribution is -0.161. The maximum atomic E-state index is 12.9. The van der Waals surface area contributed by atoms with E-state index in [1.165, 1.54) is 64.2 Å². The lowest BCUT2D eigenvalue weighted by Crippen LogP contribution is -2.30. The molecule has 5 atom stereocenters. The van der Waals surface area contributed by atoms with E-state index in [9.17, 15) is 43.5 Å². The van der Waals surface area contributed by atoms with E-state index in [1.54, 1.807) is 0 Å². The van der Waals surface area contributed by atoms with Crippen LogP contribution < -0.4 is 0 Å². The number of phosphoric ester groups is 2. The molecule has 0 aromatic heterocycles. The van der Waals surface area contributed by atoms with E-state index in [-0.39, 0.29) is 19.3 Å². The van der Waals surface area contributed by atoms with Crippen LogP contribution in [0.5, 0.6) is 0 Å². The molecule has 0 aromatic carbocycles. The van der Waals surface area contributed by atoms with Gasteiger partial charge in [0, 0.05) is 19.3 Å². The number of unbranched alkanes of at least 4 members (excludes halogenated alkanes) is 28. The molecular weight excluding hydrogens is 1190 g/mol. The van der Waals surface area contributed by atoms with E-state index in [1.807, 2.05) is 0 Å². The molecule has 0 aliphatic rings. The van der Waals surface area contributed by atoms with Crippen LogP contribution in [0, 0.1) is 0 Å². The van der Waals surface area contributed by atoms with Crippen molar-refractivity contribution in [2.24, 2.45) is 0 Å². The van der Waals surface area contributed by atoms with E-state index in [4.69, 9.17) is 32.3 Å². The fourth-order valence-electron chi connectivity index (χ4n) is 9.33. The first-order chi connectivity index (χ1) is 44.2. The molecule has 18 heteroatoms. The van der Waals surface area contributed by atoms with Gasteiger partial charge >= 0.3 is 33.6 Å². The summed E-state index contributed by atoms with van der Waals surface area (Å²) in [6.07, 6.45) is 73.1. The second kappa shape index (κ2) is 66.5. The second-order valence-electron chi connectivity index (χ2n) is 23.6. The third kappa shape index (κ3) is 67.7. The van der Waals surface area contributed by atoms with Crippen LogP contribution in [0.3, 0.4) is 0 Å². The zero-order chi connectivity index (χ0) is 66.7. The Morgan fingerprint density at radius 2 is 0.582 bits per heavy atom. The molecule has 0 bridgehead atoms. The highest BCUT2D eigenvalue weighted by molar-refractivity contribution is 7.47. The normalized spacial score (nSPS) is 14.8. The quantitative estimate of drug-likeness (QED) is 0.0146. The van der Waals surface area contributed by atoms with Gasteiger partial charge in [-0.25, -0.2) is 9.13 Å². The van der Waals surface area contributed by atoms with Crippen LogP contribution in [0.2, 0.25) is 0 Å². The molecule has 4 N–H and O–H groups in total. The minimum Gasteiger partial charge on any atom is -0.463 e. The summed E-state index contributed by atoms with van der Waals surface area (Å²) in [6.45, 7) is 2.51. The molecule has 0 aliphatic heterocycles. The zero-order valence-corrected chi connectivity index (χ0v) is 58.8. The van der Waals surface area contributed by atoms with Gasteiger partial charge in [0.15, 0.2) is 6.10 Å². The van der Waals surface area contributed by atoms with Gasteiger partial charge in [-0.05, 0) is 122 Å². The summed E-state index contributed by atoms with van der Waals surface area (Å²) < 4.78 is 60.9. The Morgan fingerprint density at radius 3 is 0.956 bits per heavy atom. The summed E-state index contributed by atoms with van der Waals surface area (Å²) in [7, 11) is -9.78. The van der Waals surface area contributed by atoms with E-state index in [2.05, 4.69) is 118 Å². The van der Waals surface area contributed by atoms with Crippen molar-refractivity contribution in [2.45, 2.75) is 309 Å². The Kier molecular flexibility index (Phi) is 63.9. The molecule has 526 valence electrons. The number of esters is 3. The van der Waals surface area contributed by atoms with Gasteiger partial charge in [0.25, 0.3) is 0 Å². The molecular formula is C73H128O16P2. The van der Waals surface area contributed by atoms with E-state index in [0.717, 1.165) is 167 Å². The third-order valence-electron chi connectivity index (χ3n) is 14.8. The first-order valence-corrected chi connectivity index (χ1v) is 38.5. The Hall–Kier alpha value is -3.53. The van der Waals surface area contributed by atoms with E-state index < -0.39 is 91.5 Å². The number of hydrogen-bond donors (Lipinski definition) is 4. The number of phosphoric acid groups is 2.